The summed E-state index contributed by atoms with van der Waals surface area (Å²) in [7, 11) is 0. The topological polar surface area (TPSA) is 97.5 Å². The van der Waals surface area contributed by atoms with Crippen molar-refractivity contribution in [2.24, 2.45) is 5.41 Å². The molecule has 8 heteroatoms. The van der Waals surface area contributed by atoms with Crippen LogP contribution in [0.25, 0.3) is 0 Å². The van der Waals surface area contributed by atoms with Crippen molar-refractivity contribution in [1.29, 1.82) is 0 Å². The Morgan fingerprint density at radius 2 is 1.84 bits per heavy atom. The Bertz CT molecular complexity index is 675. The van der Waals surface area contributed by atoms with E-state index in [2.05, 4.69) is 10.3 Å². The molecule has 0 unspecified atom stereocenters. The molecular weight excluding hydrogens is 324 g/mol. The number of aromatic carboxylic acids is 1. The Kier molecular flexibility index (Phi) is 4.25. The van der Waals surface area contributed by atoms with Gasteiger partial charge in [0, 0.05) is 13.1 Å². The van der Waals surface area contributed by atoms with Crippen LogP contribution in [0.15, 0.2) is 0 Å². The molecule has 1 N–H and O–H groups in total. The van der Waals surface area contributed by atoms with Crippen molar-refractivity contribution in [3.05, 3.63) is 11.4 Å². The number of nitrogens with zero attached hydrogens (tertiary/aromatic N) is 4. The Balaban J connectivity index is 1.55. The largest absolute Gasteiger partial charge is 0.476 e. The Labute approximate surface area is 147 Å². The van der Waals surface area contributed by atoms with Crippen LogP contribution in [0.5, 0.6) is 0 Å². The van der Waals surface area contributed by atoms with Gasteiger partial charge in [0.05, 0.1) is 11.7 Å². The van der Waals surface area contributed by atoms with Gasteiger partial charge in [-0.1, -0.05) is 5.21 Å². The van der Waals surface area contributed by atoms with Gasteiger partial charge in [-0.25, -0.2) is 14.3 Å². The number of carboxylic acids is 1. The second-order valence-electron chi connectivity index (χ2n) is 8.30. The standard InChI is InChI=1S/C17H26N4O4/c1-11-13(14(22)23)18-19-21(11)12-9-17(10-12)5-7-20(8-6-17)15(24)25-16(2,3)4/h12H,5-10H2,1-4H3,(H,22,23). The number of ether oxygens (including phenoxy) is 1. The molecule has 3 rings (SSSR count). The maximum Gasteiger partial charge on any atom is 0.410 e. The summed E-state index contributed by atoms with van der Waals surface area (Å²) >= 11 is 0. The van der Waals surface area contributed by atoms with Gasteiger partial charge >= 0.3 is 12.1 Å². The number of hydrogen-bond acceptors (Lipinski definition) is 5. The molecule has 2 aliphatic rings. The fraction of sp³-hybridized carbons (Fsp3) is 0.765. The molecular formula is C17H26N4O4. The van der Waals surface area contributed by atoms with Crippen LogP contribution in [0.1, 0.15) is 68.7 Å². The Morgan fingerprint density at radius 1 is 1.24 bits per heavy atom. The maximum atomic E-state index is 12.2. The third-order valence-electron chi connectivity index (χ3n) is 5.29. The van der Waals surface area contributed by atoms with Gasteiger partial charge in [0.25, 0.3) is 0 Å². The van der Waals surface area contributed by atoms with E-state index in [1.165, 1.54) is 0 Å². The molecule has 1 aromatic rings. The molecule has 2 fully saturated rings. The summed E-state index contributed by atoms with van der Waals surface area (Å²) in [6.45, 7) is 8.78. The van der Waals surface area contributed by atoms with E-state index in [1.54, 1.807) is 16.5 Å². The van der Waals surface area contributed by atoms with Gasteiger partial charge in [-0.05, 0) is 58.8 Å². The highest BCUT2D eigenvalue weighted by Crippen LogP contribution is 2.54. The van der Waals surface area contributed by atoms with Crippen LogP contribution in [-0.2, 0) is 4.74 Å². The van der Waals surface area contributed by atoms with Crippen molar-refractivity contribution in [3.63, 3.8) is 0 Å². The number of carbonyl (C=O) groups is 2. The molecule has 0 radical (unpaired) electrons. The number of carboxylic acid groups (broad SMARTS) is 1. The van der Waals surface area contributed by atoms with Crippen molar-refractivity contribution >= 4 is 12.1 Å². The number of hydrogen-bond donors (Lipinski definition) is 1. The molecule has 1 saturated carbocycles. The lowest BCUT2D eigenvalue weighted by molar-refractivity contribution is -0.0265. The first-order valence-corrected chi connectivity index (χ1v) is 8.73. The lowest BCUT2D eigenvalue weighted by atomic mass is 9.60. The van der Waals surface area contributed by atoms with Crippen molar-refractivity contribution in [2.75, 3.05) is 13.1 Å². The number of piperidine rings is 1. The van der Waals surface area contributed by atoms with E-state index in [4.69, 9.17) is 9.84 Å². The molecule has 1 amide bonds. The maximum absolute atomic E-state index is 12.2. The minimum atomic E-state index is -1.04. The number of aromatic nitrogens is 3. The average Bonchev–Trinajstić information content (AvgIpc) is 2.84. The fourth-order valence-electron chi connectivity index (χ4n) is 3.90. The van der Waals surface area contributed by atoms with Gasteiger partial charge in [0.1, 0.15) is 5.60 Å². The molecule has 0 bridgehead atoms. The third-order valence-corrected chi connectivity index (χ3v) is 5.29. The molecule has 2 heterocycles. The molecule has 1 aliphatic heterocycles. The molecule has 0 atom stereocenters. The average molecular weight is 350 g/mol. The van der Waals surface area contributed by atoms with E-state index >= 15 is 0 Å². The molecule has 1 spiro atoms. The molecule has 1 aliphatic carbocycles. The summed E-state index contributed by atoms with van der Waals surface area (Å²) in [6.07, 6.45) is 3.57. The molecule has 1 aromatic heterocycles. The number of rotatable bonds is 2. The number of amides is 1. The first-order valence-electron chi connectivity index (χ1n) is 8.73. The van der Waals surface area contributed by atoms with E-state index in [0.29, 0.717) is 18.8 Å². The van der Waals surface area contributed by atoms with E-state index in [0.717, 1.165) is 25.7 Å². The second-order valence-corrected chi connectivity index (χ2v) is 8.30. The summed E-state index contributed by atoms with van der Waals surface area (Å²) < 4.78 is 7.18. The Morgan fingerprint density at radius 3 is 2.32 bits per heavy atom. The Hall–Kier alpha value is -2.12. The van der Waals surface area contributed by atoms with Crippen molar-refractivity contribution in [1.82, 2.24) is 19.9 Å². The van der Waals surface area contributed by atoms with Crippen LogP contribution < -0.4 is 0 Å². The van der Waals surface area contributed by atoms with E-state index in [-0.39, 0.29) is 23.2 Å². The van der Waals surface area contributed by atoms with Crippen LogP contribution in [0.4, 0.5) is 4.79 Å². The van der Waals surface area contributed by atoms with Gasteiger partial charge in [-0.3, -0.25) is 0 Å². The summed E-state index contributed by atoms with van der Waals surface area (Å²) in [6, 6.07) is 0.202. The van der Waals surface area contributed by atoms with Crippen LogP contribution in [0.2, 0.25) is 0 Å². The van der Waals surface area contributed by atoms with E-state index in [9.17, 15) is 9.59 Å². The monoisotopic (exact) mass is 350 g/mol. The predicted octanol–water partition coefficient (Wildman–Crippen LogP) is 2.64. The van der Waals surface area contributed by atoms with Gasteiger partial charge < -0.3 is 14.7 Å². The van der Waals surface area contributed by atoms with Crippen LogP contribution >= 0.6 is 0 Å². The molecule has 8 nitrogen and oxygen atoms in total. The van der Waals surface area contributed by atoms with Crippen LogP contribution in [0.3, 0.4) is 0 Å². The van der Waals surface area contributed by atoms with Crippen molar-refractivity contribution < 1.29 is 19.4 Å². The molecule has 0 aromatic carbocycles. The first kappa shape index (κ1) is 17.7. The van der Waals surface area contributed by atoms with Crippen LogP contribution in [0, 0.1) is 12.3 Å². The highest BCUT2D eigenvalue weighted by molar-refractivity contribution is 5.86. The summed E-state index contributed by atoms with van der Waals surface area (Å²) in [5.41, 5.74) is 0.393. The molecule has 1 saturated heterocycles. The van der Waals surface area contributed by atoms with Gasteiger partial charge in [-0.15, -0.1) is 5.10 Å². The zero-order chi connectivity index (χ0) is 18.4. The molecule has 138 valence electrons. The van der Waals surface area contributed by atoms with E-state index < -0.39 is 11.6 Å². The van der Waals surface area contributed by atoms with Gasteiger partial charge in [0.15, 0.2) is 5.69 Å². The first-order chi connectivity index (χ1) is 11.6. The van der Waals surface area contributed by atoms with Crippen molar-refractivity contribution in [2.45, 2.75) is 65.0 Å². The van der Waals surface area contributed by atoms with E-state index in [1.807, 2.05) is 20.8 Å². The summed E-state index contributed by atoms with van der Waals surface area (Å²) in [4.78, 5) is 25.0. The number of likely N-dealkylation sites (tertiary alicyclic amines) is 1. The lowest BCUT2D eigenvalue weighted by Gasteiger charge is -2.52. The summed E-state index contributed by atoms with van der Waals surface area (Å²) in [5, 5.41) is 16.9. The number of carbonyl (C=O) groups excluding carboxylic acids is 1. The zero-order valence-electron chi connectivity index (χ0n) is 15.3. The van der Waals surface area contributed by atoms with Gasteiger partial charge in [0.2, 0.25) is 0 Å². The van der Waals surface area contributed by atoms with Gasteiger partial charge in [-0.2, -0.15) is 0 Å². The second kappa shape index (κ2) is 6.00. The highest BCUT2D eigenvalue weighted by atomic mass is 16.6. The predicted molar refractivity (Wildman–Crippen MR) is 89.5 cm³/mol. The smallest absolute Gasteiger partial charge is 0.410 e. The van der Waals surface area contributed by atoms with Crippen LogP contribution in [-0.4, -0.2) is 55.8 Å². The molecule has 25 heavy (non-hydrogen) atoms. The quantitative estimate of drug-likeness (QED) is 0.880. The minimum Gasteiger partial charge on any atom is -0.476 e. The minimum absolute atomic E-state index is 0.0284. The summed E-state index contributed by atoms with van der Waals surface area (Å²) in [5.74, 6) is -1.04. The third kappa shape index (κ3) is 3.48. The lowest BCUT2D eigenvalue weighted by Crippen LogP contribution is -2.50. The normalized spacial score (nSPS) is 20.4. The fourth-order valence-corrected chi connectivity index (χ4v) is 3.90. The van der Waals surface area contributed by atoms with Crippen molar-refractivity contribution in [3.8, 4) is 0 Å². The zero-order valence-corrected chi connectivity index (χ0v) is 15.3. The SMILES string of the molecule is Cc1c(C(=O)O)nnn1C1CC2(CCN(C(=O)OC(C)(C)C)CC2)C1. The highest BCUT2D eigenvalue weighted by Gasteiger charge is 2.48.